The van der Waals surface area contributed by atoms with E-state index >= 15 is 0 Å². The molecule has 0 amide bonds. The van der Waals surface area contributed by atoms with E-state index in [0.717, 1.165) is 16.8 Å². The van der Waals surface area contributed by atoms with Crippen molar-refractivity contribution in [3.63, 3.8) is 0 Å². The second-order valence-electron chi connectivity index (χ2n) is 6.21. The van der Waals surface area contributed by atoms with E-state index in [2.05, 4.69) is 15.5 Å². The molecule has 1 heterocycles. The average Bonchev–Trinajstić information content (AvgIpc) is 3.25. The molecule has 4 aromatic rings. The summed E-state index contributed by atoms with van der Waals surface area (Å²) in [5, 5.41) is 7.26. The van der Waals surface area contributed by atoms with Gasteiger partial charge in [0.15, 0.2) is 0 Å². The van der Waals surface area contributed by atoms with Crippen LogP contribution in [0.5, 0.6) is 5.75 Å². The second kappa shape index (κ2) is 9.35. The van der Waals surface area contributed by atoms with E-state index in [1.807, 2.05) is 35.7 Å². The van der Waals surface area contributed by atoms with Gasteiger partial charge < -0.3 is 4.74 Å². The molecule has 148 valence electrons. The topological polar surface area (TPSA) is 63.6 Å². The van der Waals surface area contributed by atoms with Crippen LogP contribution in [0.3, 0.4) is 0 Å². The Bertz CT molecular complexity index is 1170. The van der Waals surface area contributed by atoms with E-state index in [-0.39, 0.29) is 0 Å². The van der Waals surface area contributed by atoms with Crippen LogP contribution in [-0.4, -0.2) is 17.2 Å². The van der Waals surface area contributed by atoms with Crippen LogP contribution in [0, 0.1) is 0 Å². The van der Waals surface area contributed by atoms with Gasteiger partial charge in [0.1, 0.15) is 5.75 Å². The third-order valence-corrected chi connectivity index (χ3v) is 5.21. The van der Waals surface area contributed by atoms with Crippen LogP contribution in [0.2, 0.25) is 5.02 Å². The fourth-order valence-corrected chi connectivity index (χ4v) is 3.52. The number of nitrogens with zero attached hydrogens (tertiary/aromatic N) is 2. The number of esters is 1. The average molecular weight is 434 g/mol. The van der Waals surface area contributed by atoms with Gasteiger partial charge in [-0.25, -0.2) is 9.78 Å². The highest BCUT2D eigenvalue weighted by Crippen LogP contribution is 2.24. The summed E-state index contributed by atoms with van der Waals surface area (Å²) in [4.78, 5) is 16.7. The molecule has 4 rings (SSSR count). The van der Waals surface area contributed by atoms with Crippen molar-refractivity contribution in [1.82, 2.24) is 4.98 Å². The third kappa shape index (κ3) is 4.92. The van der Waals surface area contributed by atoms with Gasteiger partial charge in [0.25, 0.3) is 0 Å². The molecule has 7 heteroatoms. The van der Waals surface area contributed by atoms with Gasteiger partial charge in [-0.1, -0.05) is 54.1 Å². The third-order valence-electron chi connectivity index (χ3n) is 4.13. The van der Waals surface area contributed by atoms with Crippen LogP contribution in [0.4, 0.5) is 5.13 Å². The van der Waals surface area contributed by atoms with E-state index in [4.69, 9.17) is 16.3 Å². The highest BCUT2D eigenvalue weighted by molar-refractivity contribution is 7.14. The zero-order valence-electron chi connectivity index (χ0n) is 15.7. The van der Waals surface area contributed by atoms with Crippen molar-refractivity contribution in [2.24, 2.45) is 5.10 Å². The minimum atomic E-state index is -0.498. The second-order valence-corrected chi connectivity index (χ2v) is 7.48. The fraction of sp³-hybridized carbons (Fsp3) is 0. The maximum absolute atomic E-state index is 12.2. The number of carbonyl (C=O) groups excluding carboxylic acids is 1. The van der Waals surface area contributed by atoms with Crippen LogP contribution in [0.15, 0.2) is 89.3 Å². The smallest absolute Gasteiger partial charge is 0.345 e. The minimum Gasteiger partial charge on any atom is -0.423 e. The molecule has 0 unspecified atom stereocenters. The summed E-state index contributed by atoms with van der Waals surface area (Å²) in [5.74, 6) is -0.0703. The molecule has 0 atom stereocenters. The normalized spacial score (nSPS) is 10.8. The maximum atomic E-state index is 12.2. The van der Waals surface area contributed by atoms with Gasteiger partial charge in [-0.3, -0.25) is 5.43 Å². The Kier molecular flexibility index (Phi) is 6.17. The van der Waals surface area contributed by atoms with Crippen molar-refractivity contribution in [3.8, 4) is 17.0 Å². The predicted octanol–water partition coefficient (Wildman–Crippen LogP) is 6.13. The number of nitrogens with one attached hydrogen (secondary N) is 1. The molecular formula is C23H16ClN3O2S. The van der Waals surface area contributed by atoms with Crippen molar-refractivity contribution in [3.05, 3.63) is 100 Å². The van der Waals surface area contributed by atoms with Gasteiger partial charge in [0, 0.05) is 10.9 Å². The molecule has 1 N–H and O–H groups in total. The Labute approximate surface area is 182 Å². The summed E-state index contributed by atoms with van der Waals surface area (Å²) in [6, 6.07) is 23.7. The van der Waals surface area contributed by atoms with Gasteiger partial charge in [-0.2, -0.15) is 5.10 Å². The number of aromatic nitrogens is 1. The first-order chi connectivity index (χ1) is 14.7. The number of carbonyl (C=O) groups is 1. The van der Waals surface area contributed by atoms with Crippen molar-refractivity contribution in [2.75, 3.05) is 5.43 Å². The summed E-state index contributed by atoms with van der Waals surface area (Å²) in [6.45, 7) is 0. The van der Waals surface area contributed by atoms with Crippen molar-refractivity contribution < 1.29 is 9.53 Å². The molecule has 30 heavy (non-hydrogen) atoms. The molecule has 0 saturated heterocycles. The standard InChI is InChI=1S/C23H16ClN3O2S/c24-20-9-5-4-8-19(20)22(28)29-18-12-10-16(11-13-18)14-25-27-23-26-21(15-30-23)17-6-2-1-3-7-17/h1-15H,(H,26,27). The van der Waals surface area contributed by atoms with Crippen LogP contribution < -0.4 is 10.2 Å². The van der Waals surface area contributed by atoms with Gasteiger partial charge in [0.05, 0.1) is 22.5 Å². The number of rotatable bonds is 6. The summed E-state index contributed by atoms with van der Waals surface area (Å²) in [6.07, 6.45) is 1.67. The number of thiazole rings is 1. The predicted molar refractivity (Wildman–Crippen MR) is 122 cm³/mol. The first-order valence-corrected chi connectivity index (χ1v) is 10.3. The van der Waals surface area contributed by atoms with E-state index in [9.17, 15) is 4.79 Å². The van der Waals surface area contributed by atoms with E-state index < -0.39 is 5.97 Å². The molecule has 0 fully saturated rings. The van der Waals surface area contributed by atoms with E-state index in [0.29, 0.717) is 21.5 Å². The largest absolute Gasteiger partial charge is 0.423 e. The van der Waals surface area contributed by atoms with Crippen LogP contribution >= 0.6 is 22.9 Å². The van der Waals surface area contributed by atoms with Crippen LogP contribution in [-0.2, 0) is 0 Å². The highest BCUT2D eigenvalue weighted by Gasteiger charge is 2.11. The first kappa shape index (κ1) is 19.8. The Morgan fingerprint density at radius 3 is 2.50 bits per heavy atom. The van der Waals surface area contributed by atoms with Crippen LogP contribution in [0.25, 0.3) is 11.3 Å². The van der Waals surface area contributed by atoms with E-state index in [1.54, 1.807) is 54.7 Å². The monoisotopic (exact) mass is 433 g/mol. The van der Waals surface area contributed by atoms with Crippen molar-refractivity contribution >= 4 is 40.3 Å². The Hall–Kier alpha value is -3.48. The lowest BCUT2D eigenvalue weighted by molar-refractivity contribution is 0.0735. The van der Waals surface area contributed by atoms with Gasteiger partial charge in [-0.15, -0.1) is 11.3 Å². The number of hydrazone groups is 1. The van der Waals surface area contributed by atoms with Crippen molar-refractivity contribution in [1.29, 1.82) is 0 Å². The van der Waals surface area contributed by atoms with Gasteiger partial charge in [0.2, 0.25) is 5.13 Å². The molecule has 0 bridgehead atoms. The Morgan fingerprint density at radius 1 is 1.00 bits per heavy atom. The van der Waals surface area contributed by atoms with Gasteiger partial charge in [-0.05, 0) is 42.0 Å². The quantitative estimate of drug-likeness (QED) is 0.172. The molecule has 0 radical (unpaired) electrons. The summed E-state index contributed by atoms with van der Waals surface area (Å²) >= 11 is 7.51. The summed E-state index contributed by atoms with van der Waals surface area (Å²) < 4.78 is 5.36. The van der Waals surface area contributed by atoms with Crippen LogP contribution in [0.1, 0.15) is 15.9 Å². The fourth-order valence-electron chi connectivity index (χ4n) is 2.64. The number of hydrogen-bond acceptors (Lipinski definition) is 6. The molecule has 1 aromatic heterocycles. The molecule has 0 saturated carbocycles. The lowest BCUT2D eigenvalue weighted by Gasteiger charge is -2.05. The Balaban J connectivity index is 1.35. The zero-order chi connectivity index (χ0) is 20.8. The number of benzene rings is 3. The molecule has 0 spiro atoms. The molecule has 5 nitrogen and oxygen atoms in total. The first-order valence-electron chi connectivity index (χ1n) is 9.06. The summed E-state index contributed by atoms with van der Waals surface area (Å²) in [7, 11) is 0. The minimum absolute atomic E-state index is 0.326. The molecule has 0 aliphatic rings. The lowest BCUT2D eigenvalue weighted by atomic mass is 10.2. The summed E-state index contributed by atoms with van der Waals surface area (Å²) in [5.41, 5.74) is 6.08. The highest BCUT2D eigenvalue weighted by atomic mass is 35.5. The lowest BCUT2D eigenvalue weighted by Crippen LogP contribution is -2.08. The maximum Gasteiger partial charge on any atom is 0.345 e. The molecule has 3 aromatic carbocycles. The number of anilines is 1. The zero-order valence-corrected chi connectivity index (χ0v) is 17.2. The molecule has 0 aliphatic heterocycles. The Morgan fingerprint density at radius 2 is 1.73 bits per heavy atom. The van der Waals surface area contributed by atoms with Gasteiger partial charge >= 0.3 is 5.97 Å². The SMILES string of the molecule is O=C(Oc1ccc(C=NNc2nc(-c3ccccc3)cs2)cc1)c1ccccc1Cl. The number of ether oxygens (including phenoxy) is 1. The van der Waals surface area contributed by atoms with E-state index in [1.165, 1.54) is 11.3 Å². The van der Waals surface area contributed by atoms with Crippen molar-refractivity contribution in [2.45, 2.75) is 0 Å². The molecule has 0 aliphatic carbocycles. The number of hydrogen-bond donors (Lipinski definition) is 1. The number of halogens is 1. The molecular weight excluding hydrogens is 418 g/mol.